The summed E-state index contributed by atoms with van der Waals surface area (Å²) in [5.41, 5.74) is 8.38. The Bertz CT molecular complexity index is 908. The Kier molecular flexibility index (Phi) is 4.11. The lowest BCUT2D eigenvalue weighted by Crippen LogP contribution is -2.13. The maximum atomic E-state index is 12.5. The summed E-state index contributed by atoms with van der Waals surface area (Å²) in [5, 5.41) is 3.60. The van der Waals surface area contributed by atoms with Crippen molar-refractivity contribution in [3.05, 3.63) is 46.5 Å². The normalized spacial score (nSPS) is 10.7. The monoisotopic (exact) mass is 347 g/mol. The SMILES string of the molecule is COc1cc(N)c(Cl)cc1C(=O)Nc1nc2ccc(C)cc2s1. The number of hydrogen-bond donors (Lipinski definition) is 2. The molecule has 0 saturated heterocycles. The number of ether oxygens (including phenoxy) is 1. The number of rotatable bonds is 3. The molecular formula is C16H14ClN3O2S. The smallest absolute Gasteiger partial charge is 0.261 e. The summed E-state index contributed by atoms with van der Waals surface area (Å²) in [6.07, 6.45) is 0. The molecule has 0 saturated carbocycles. The zero-order valence-electron chi connectivity index (χ0n) is 12.5. The third-order valence-corrected chi connectivity index (χ3v) is 4.59. The lowest BCUT2D eigenvalue weighted by atomic mass is 10.1. The van der Waals surface area contributed by atoms with E-state index < -0.39 is 0 Å². The fourth-order valence-corrected chi connectivity index (χ4v) is 3.29. The standard InChI is InChI=1S/C16H14ClN3O2S/c1-8-3-4-12-14(5-8)23-16(19-12)20-15(21)9-6-10(17)11(18)7-13(9)22-2/h3-7H,18H2,1-2H3,(H,19,20,21). The maximum Gasteiger partial charge on any atom is 0.261 e. The summed E-state index contributed by atoms with van der Waals surface area (Å²) in [6, 6.07) is 8.96. The minimum atomic E-state index is -0.348. The van der Waals surface area contributed by atoms with Gasteiger partial charge in [0.1, 0.15) is 5.75 Å². The number of aromatic nitrogens is 1. The van der Waals surface area contributed by atoms with Gasteiger partial charge in [-0.3, -0.25) is 10.1 Å². The number of nitrogens with one attached hydrogen (secondary N) is 1. The molecule has 0 fully saturated rings. The van der Waals surface area contributed by atoms with Gasteiger partial charge in [-0.15, -0.1) is 0 Å². The fourth-order valence-electron chi connectivity index (χ4n) is 2.17. The lowest BCUT2D eigenvalue weighted by Gasteiger charge is -2.10. The maximum absolute atomic E-state index is 12.5. The molecule has 5 nitrogen and oxygen atoms in total. The Morgan fingerprint density at radius 3 is 2.87 bits per heavy atom. The summed E-state index contributed by atoms with van der Waals surface area (Å²) >= 11 is 7.41. The second-order valence-electron chi connectivity index (χ2n) is 5.02. The van der Waals surface area contributed by atoms with Gasteiger partial charge >= 0.3 is 0 Å². The summed E-state index contributed by atoms with van der Waals surface area (Å²) < 4.78 is 6.21. The third-order valence-electron chi connectivity index (χ3n) is 3.33. The van der Waals surface area contributed by atoms with Crippen LogP contribution in [0.2, 0.25) is 5.02 Å². The molecule has 1 heterocycles. The van der Waals surface area contributed by atoms with Crippen molar-refractivity contribution in [1.82, 2.24) is 4.98 Å². The minimum Gasteiger partial charge on any atom is -0.496 e. The number of nitrogens with zero attached hydrogens (tertiary/aromatic N) is 1. The van der Waals surface area contributed by atoms with E-state index >= 15 is 0 Å². The van der Waals surface area contributed by atoms with Crippen LogP contribution in [0.15, 0.2) is 30.3 Å². The first kappa shape index (κ1) is 15.6. The van der Waals surface area contributed by atoms with Gasteiger partial charge in [0.05, 0.1) is 33.6 Å². The molecule has 0 radical (unpaired) electrons. The highest BCUT2D eigenvalue weighted by Crippen LogP contribution is 2.31. The van der Waals surface area contributed by atoms with Crippen LogP contribution in [0.25, 0.3) is 10.2 Å². The van der Waals surface area contributed by atoms with Crippen LogP contribution in [0, 0.1) is 6.92 Å². The Labute approximate surface area is 142 Å². The highest BCUT2D eigenvalue weighted by atomic mass is 35.5. The van der Waals surface area contributed by atoms with E-state index in [9.17, 15) is 4.79 Å². The molecule has 0 bridgehead atoms. The molecular weight excluding hydrogens is 334 g/mol. The van der Waals surface area contributed by atoms with Gasteiger partial charge in [0.2, 0.25) is 0 Å². The summed E-state index contributed by atoms with van der Waals surface area (Å²) in [5.74, 6) is 0.0147. The molecule has 0 aliphatic rings. The van der Waals surface area contributed by atoms with E-state index in [1.54, 1.807) is 0 Å². The van der Waals surface area contributed by atoms with Crippen LogP contribution >= 0.6 is 22.9 Å². The van der Waals surface area contributed by atoms with Crippen molar-refractivity contribution in [3.63, 3.8) is 0 Å². The zero-order valence-corrected chi connectivity index (χ0v) is 14.1. The van der Waals surface area contributed by atoms with E-state index in [0.717, 1.165) is 15.8 Å². The number of carbonyl (C=O) groups excluding carboxylic acids is 1. The number of methoxy groups -OCH3 is 1. The average Bonchev–Trinajstić information content (AvgIpc) is 2.90. The fraction of sp³-hybridized carbons (Fsp3) is 0.125. The number of nitrogen functional groups attached to an aromatic ring is 1. The molecule has 0 aliphatic heterocycles. The van der Waals surface area contributed by atoms with E-state index in [1.165, 1.54) is 30.6 Å². The Hall–Kier alpha value is -2.31. The van der Waals surface area contributed by atoms with Crippen LogP contribution in [0.3, 0.4) is 0 Å². The molecule has 1 aromatic heterocycles. The zero-order chi connectivity index (χ0) is 16.6. The number of benzene rings is 2. The van der Waals surface area contributed by atoms with Crippen molar-refractivity contribution in [1.29, 1.82) is 0 Å². The third kappa shape index (κ3) is 3.09. The number of carbonyl (C=O) groups is 1. The van der Waals surface area contributed by atoms with E-state index in [-0.39, 0.29) is 5.91 Å². The van der Waals surface area contributed by atoms with E-state index in [2.05, 4.69) is 10.3 Å². The number of hydrogen-bond acceptors (Lipinski definition) is 5. The molecule has 118 valence electrons. The molecule has 3 N–H and O–H groups in total. The quantitative estimate of drug-likeness (QED) is 0.699. The molecule has 7 heteroatoms. The van der Waals surface area contributed by atoms with Gasteiger partial charge in [-0.1, -0.05) is 29.0 Å². The van der Waals surface area contributed by atoms with E-state index in [4.69, 9.17) is 22.1 Å². The van der Waals surface area contributed by atoms with Crippen LogP contribution in [0.5, 0.6) is 5.75 Å². The number of fused-ring (bicyclic) bond motifs is 1. The first-order valence-electron chi connectivity index (χ1n) is 6.79. The molecule has 3 rings (SSSR count). The van der Waals surface area contributed by atoms with Gasteiger partial charge in [0, 0.05) is 6.07 Å². The predicted octanol–water partition coefficient (Wildman–Crippen LogP) is 4.10. The number of amides is 1. The van der Waals surface area contributed by atoms with Crippen LogP contribution < -0.4 is 15.8 Å². The van der Waals surface area contributed by atoms with Crippen LogP contribution in [0.1, 0.15) is 15.9 Å². The second kappa shape index (κ2) is 6.06. The van der Waals surface area contributed by atoms with Gasteiger partial charge in [-0.05, 0) is 30.7 Å². The van der Waals surface area contributed by atoms with E-state index in [0.29, 0.717) is 27.2 Å². The minimum absolute atomic E-state index is 0.302. The lowest BCUT2D eigenvalue weighted by molar-refractivity contribution is 0.102. The number of anilines is 2. The molecule has 2 aromatic carbocycles. The molecule has 0 unspecified atom stereocenters. The molecule has 23 heavy (non-hydrogen) atoms. The first-order valence-corrected chi connectivity index (χ1v) is 7.99. The van der Waals surface area contributed by atoms with Crippen molar-refractivity contribution in [2.45, 2.75) is 6.92 Å². The van der Waals surface area contributed by atoms with Gasteiger partial charge < -0.3 is 10.5 Å². The van der Waals surface area contributed by atoms with Crippen molar-refractivity contribution in [2.75, 3.05) is 18.2 Å². The van der Waals surface area contributed by atoms with Gasteiger partial charge in [-0.25, -0.2) is 4.98 Å². The van der Waals surface area contributed by atoms with Crippen molar-refractivity contribution >= 4 is 49.9 Å². The molecule has 1 amide bonds. The highest BCUT2D eigenvalue weighted by Gasteiger charge is 2.16. The van der Waals surface area contributed by atoms with E-state index in [1.807, 2.05) is 25.1 Å². The van der Waals surface area contributed by atoms with Crippen LogP contribution in [0.4, 0.5) is 10.8 Å². The number of halogens is 1. The number of nitrogens with two attached hydrogens (primary N) is 1. The Morgan fingerprint density at radius 1 is 1.35 bits per heavy atom. The van der Waals surface area contributed by atoms with Crippen molar-refractivity contribution in [2.24, 2.45) is 0 Å². The predicted molar refractivity (Wildman–Crippen MR) is 94.7 cm³/mol. The summed E-state index contributed by atoms with van der Waals surface area (Å²) in [6.45, 7) is 2.01. The van der Waals surface area contributed by atoms with Crippen LogP contribution in [-0.4, -0.2) is 18.0 Å². The van der Waals surface area contributed by atoms with Crippen molar-refractivity contribution in [3.8, 4) is 5.75 Å². The molecule has 3 aromatic rings. The highest BCUT2D eigenvalue weighted by molar-refractivity contribution is 7.22. The second-order valence-corrected chi connectivity index (χ2v) is 6.46. The largest absolute Gasteiger partial charge is 0.496 e. The number of aryl methyl sites for hydroxylation is 1. The van der Waals surface area contributed by atoms with Crippen molar-refractivity contribution < 1.29 is 9.53 Å². The topological polar surface area (TPSA) is 77.2 Å². The Morgan fingerprint density at radius 2 is 2.13 bits per heavy atom. The van der Waals surface area contributed by atoms with Crippen LogP contribution in [-0.2, 0) is 0 Å². The Balaban J connectivity index is 1.92. The van der Waals surface area contributed by atoms with Gasteiger partial charge in [0.15, 0.2) is 5.13 Å². The first-order chi connectivity index (χ1) is 11.0. The average molecular weight is 348 g/mol. The summed E-state index contributed by atoms with van der Waals surface area (Å²) in [7, 11) is 1.47. The summed E-state index contributed by atoms with van der Waals surface area (Å²) in [4.78, 5) is 16.9. The molecule has 0 atom stereocenters. The van der Waals surface area contributed by atoms with Gasteiger partial charge in [-0.2, -0.15) is 0 Å². The molecule has 0 spiro atoms. The van der Waals surface area contributed by atoms with Gasteiger partial charge in [0.25, 0.3) is 5.91 Å². The number of thiazole rings is 1. The molecule has 0 aliphatic carbocycles.